The van der Waals surface area contributed by atoms with Crippen LogP contribution in [-0.4, -0.2) is 47.3 Å². The number of benzene rings is 1. The Hall–Kier alpha value is -2.21. The van der Waals surface area contributed by atoms with Crippen molar-refractivity contribution >= 4 is 16.7 Å². The lowest BCUT2D eigenvalue weighted by Crippen LogP contribution is -2.34. The van der Waals surface area contributed by atoms with E-state index in [9.17, 15) is 9.59 Å². The number of fused-ring (bicyclic) bond motifs is 1. The Morgan fingerprint density at radius 1 is 1.27 bits per heavy atom. The second-order valence-electron chi connectivity index (χ2n) is 7.09. The summed E-state index contributed by atoms with van der Waals surface area (Å²) in [5, 5.41) is 8.91. The second-order valence-corrected chi connectivity index (χ2v) is 7.09. The summed E-state index contributed by atoms with van der Waals surface area (Å²) in [6.07, 6.45) is 4.01. The van der Waals surface area contributed by atoms with Crippen molar-refractivity contribution in [3.05, 3.63) is 40.3 Å². The van der Waals surface area contributed by atoms with Crippen LogP contribution in [0.4, 0.5) is 0 Å². The van der Waals surface area contributed by atoms with Gasteiger partial charge in [0.05, 0.1) is 5.39 Å². The van der Waals surface area contributed by atoms with Gasteiger partial charge in [0.25, 0.3) is 11.5 Å². The van der Waals surface area contributed by atoms with Gasteiger partial charge in [-0.3, -0.25) is 9.59 Å². The highest BCUT2D eigenvalue weighted by Crippen LogP contribution is 2.21. The number of aryl methyl sites for hydroxylation is 1. The van der Waals surface area contributed by atoms with Crippen molar-refractivity contribution in [3.8, 4) is 0 Å². The van der Waals surface area contributed by atoms with Crippen molar-refractivity contribution < 1.29 is 4.79 Å². The van der Waals surface area contributed by atoms with Crippen LogP contribution in [0.1, 0.15) is 43.1 Å². The molecule has 0 saturated carbocycles. The minimum absolute atomic E-state index is 0.0657. The average molecular weight is 356 g/mol. The lowest BCUT2D eigenvalue weighted by molar-refractivity contribution is 0.0781. The Bertz CT molecular complexity index is 830. The van der Waals surface area contributed by atoms with Gasteiger partial charge in [-0.1, -0.05) is 38.0 Å². The van der Waals surface area contributed by atoms with Crippen molar-refractivity contribution in [1.29, 1.82) is 0 Å². The van der Waals surface area contributed by atoms with E-state index >= 15 is 0 Å². The minimum Gasteiger partial charge on any atom is -0.337 e. The summed E-state index contributed by atoms with van der Waals surface area (Å²) < 4.78 is 1.48. The van der Waals surface area contributed by atoms with Gasteiger partial charge in [-0.05, 0) is 38.4 Å². The smallest absolute Gasteiger partial charge is 0.274 e. The SMILES string of the molecule is CCCCCn1nc(C(=O)N2CCC(CNC)C2)c2ccccc2c1=O. The first-order valence-corrected chi connectivity index (χ1v) is 9.59. The Balaban J connectivity index is 1.95. The standard InChI is InChI=1S/C20H28N4O2/c1-3-4-7-11-24-19(25)17-9-6-5-8-16(17)18(22-24)20(26)23-12-10-15(14-23)13-21-2/h5-6,8-9,15,21H,3-4,7,10-14H2,1-2H3. The number of carbonyl (C=O) groups is 1. The summed E-state index contributed by atoms with van der Waals surface area (Å²) in [6.45, 7) is 5.08. The van der Waals surface area contributed by atoms with Gasteiger partial charge < -0.3 is 10.2 Å². The van der Waals surface area contributed by atoms with E-state index in [0.29, 0.717) is 28.9 Å². The van der Waals surface area contributed by atoms with E-state index in [2.05, 4.69) is 17.3 Å². The van der Waals surface area contributed by atoms with Crippen molar-refractivity contribution in [3.63, 3.8) is 0 Å². The van der Waals surface area contributed by atoms with Gasteiger partial charge in [0.15, 0.2) is 5.69 Å². The van der Waals surface area contributed by atoms with E-state index in [1.165, 1.54) is 4.68 Å². The molecule has 2 aromatic rings. The highest BCUT2D eigenvalue weighted by atomic mass is 16.2. The lowest BCUT2D eigenvalue weighted by atomic mass is 10.1. The first-order valence-electron chi connectivity index (χ1n) is 9.59. The van der Waals surface area contributed by atoms with Crippen LogP contribution in [0, 0.1) is 5.92 Å². The quantitative estimate of drug-likeness (QED) is 0.773. The maximum atomic E-state index is 13.1. The van der Waals surface area contributed by atoms with Crippen LogP contribution in [0.25, 0.3) is 10.8 Å². The molecule has 0 bridgehead atoms. The molecule has 6 heteroatoms. The summed E-state index contributed by atoms with van der Waals surface area (Å²) in [5.41, 5.74) is 0.296. The van der Waals surface area contributed by atoms with Gasteiger partial charge in [-0.2, -0.15) is 5.10 Å². The minimum atomic E-state index is -0.109. The Morgan fingerprint density at radius 3 is 2.77 bits per heavy atom. The summed E-state index contributed by atoms with van der Waals surface area (Å²) in [7, 11) is 1.94. The first-order chi connectivity index (χ1) is 12.7. The van der Waals surface area contributed by atoms with Gasteiger partial charge in [-0.25, -0.2) is 4.68 Å². The van der Waals surface area contributed by atoms with Crippen LogP contribution in [0.5, 0.6) is 0 Å². The van der Waals surface area contributed by atoms with Crippen LogP contribution in [0.15, 0.2) is 29.1 Å². The number of aromatic nitrogens is 2. The van der Waals surface area contributed by atoms with E-state index in [1.807, 2.05) is 30.1 Å². The molecule has 1 fully saturated rings. The molecule has 1 aromatic heterocycles. The molecule has 0 spiro atoms. The number of rotatable bonds is 7. The van der Waals surface area contributed by atoms with E-state index in [1.54, 1.807) is 6.07 Å². The summed E-state index contributed by atoms with van der Waals surface area (Å²) in [6, 6.07) is 7.32. The molecule has 2 heterocycles. The lowest BCUT2D eigenvalue weighted by Gasteiger charge is -2.18. The molecule has 0 radical (unpaired) electrons. The molecule has 1 N–H and O–H groups in total. The third kappa shape index (κ3) is 3.80. The number of hydrogen-bond donors (Lipinski definition) is 1. The highest BCUT2D eigenvalue weighted by molar-refractivity contribution is 6.04. The molecule has 1 amide bonds. The van der Waals surface area contributed by atoms with Gasteiger partial charge in [0.1, 0.15) is 0 Å². The number of amides is 1. The van der Waals surface area contributed by atoms with Crippen molar-refractivity contribution in [2.24, 2.45) is 5.92 Å². The van der Waals surface area contributed by atoms with Crippen LogP contribution in [0.2, 0.25) is 0 Å². The Kier molecular flexibility index (Phi) is 6.04. The first kappa shape index (κ1) is 18.6. The molecule has 26 heavy (non-hydrogen) atoms. The van der Waals surface area contributed by atoms with Crippen LogP contribution < -0.4 is 10.9 Å². The van der Waals surface area contributed by atoms with E-state index in [-0.39, 0.29) is 11.5 Å². The number of unbranched alkanes of at least 4 members (excludes halogenated alkanes) is 2. The van der Waals surface area contributed by atoms with E-state index in [0.717, 1.165) is 45.3 Å². The third-order valence-corrected chi connectivity index (χ3v) is 5.11. The Labute approximate surface area is 154 Å². The number of likely N-dealkylation sites (tertiary alicyclic amines) is 1. The monoisotopic (exact) mass is 356 g/mol. The average Bonchev–Trinajstić information content (AvgIpc) is 3.12. The number of hydrogen-bond acceptors (Lipinski definition) is 4. The largest absolute Gasteiger partial charge is 0.337 e. The zero-order chi connectivity index (χ0) is 18.5. The van der Waals surface area contributed by atoms with Crippen molar-refractivity contribution in [2.45, 2.75) is 39.2 Å². The van der Waals surface area contributed by atoms with Gasteiger partial charge in [0, 0.05) is 25.0 Å². The molecule has 1 unspecified atom stereocenters. The molecule has 1 saturated heterocycles. The Morgan fingerprint density at radius 2 is 2.04 bits per heavy atom. The second kappa shape index (κ2) is 8.45. The molecule has 3 rings (SSSR count). The van der Waals surface area contributed by atoms with E-state index in [4.69, 9.17) is 0 Å². The summed E-state index contributed by atoms with van der Waals surface area (Å²) in [4.78, 5) is 27.7. The molecule has 1 atom stereocenters. The molecular formula is C20H28N4O2. The third-order valence-electron chi connectivity index (χ3n) is 5.11. The van der Waals surface area contributed by atoms with Gasteiger partial charge in [-0.15, -0.1) is 0 Å². The van der Waals surface area contributed by atoms with Crippen molar-refractivity contribution in [1.82, 2.24) is 20.0 Å². The van der Waals surface area contributed by atoms with Crippen LogP contribution >= 0.6 is 0 Å². The van der Waals surface area contributed by atoms with Gasteiger partial charge >= 0.3 is 0 Å². The molecule has 1 aliphatic rings. The zero-order valence-corrected chi connectivity index (χ0v) is 15.7. The van der Waals surface area contributed by atoms with Crippen LogP contribution in [-0.2, 0) is 6.54 Å². The fraction of sp³-hybridized carbons (Fsp3) is 0.550. The molecule has 1 aromatic carbocycles. The number of nitrogens with zero attached hydrogens (tertiary/aromatic N) is 3. The zero-order valence-electron chi connectivity index (χ0n) is 15.7. The predicted octanol–water partition coefficient (Wildman–Crippen LogP) is 2.27. The maximum absolute atomic E-state index is 13.1. The molecule has 6 nitrogen and oxygen atoms in total. The highest BCUT2D eigenvalue weighted by Gasteiger charge is 2.29. The van der Waals surface area contributed by atoms with Crippen LogP contribution in [0.3, 0.4) is 0 Å². The molecule has 0 aliphatic carbocycles. The summed E-state index contributed by atoms with van der Waals surface area (Å²) in [5.74, 6) is 0.412. The number of nitrogens with one attached hydrogen (secondary N) is 1. The predicted molar refractivity (Wildman–Crippen MR) is 103 cm³/mol. The fourth-order valence-corrected chi connectivity index (χ4v) is 3.68. The normalized spacial score (nSPS) is 17.2. The topological polar surface area (TPSA) is 67.2 Å². The van der Waals surface area contributed by atoms with Crippen molar-refractivity contribution in [2.75, 3.05) is 26.7 Å². The molecule has 140 valence electrons. The molecular weight excluding hydrogens is 328 g/mol. The molecule has 1 aliphatic heterocycles. The fourth-order valence-electron chi connectivity index (χ4n) is 3.68. The number of carbonyl (C=O) groups excluding carboxylic acids is 1. The van der Waals surface area contributed by atoms with E-state index < -0.39 is 0 Å². The van der Waals surface area contributed by atoms with Gasteiger partial charge in [0.2, 0.25) is 0 Å². The maximum Gasteiger partial charge on any atom is 0.274 e. The summed E-state index contributed by atoms with van der Waals surface area (Å²) >= 11 is 0.